The summed E-state index contributed by atoms with van der Waals surface area (Å²) in [7, 11) is 0. The summed E-state index contributed by atoms with van der Waals surface area (Å²) in [5.41, 5.74) is 0. The highest BCUT2D eigenvalue weighted by Crippen LogP contribution is 2.09. The molecular weight excluding hydrogens is 208 g/mol. The highest BCUT2D eigenvalue weighted by molar-refractivity contribution is 6.03. The normalized spacial score (nSPS) is 20.4. The molecular formula is C11H20N2O3. The summed E-state index contributed by atoms with van der Waals surface area (Å²) >= 11 is 0. The van der Waals surface area contributed by atoms with Gasteiger partial charge >= 0.3 is 6.03 Å². The Kier molecular flexibility index (Phi) is 5.25. The van der Waals surface area contributed by atoms with Crippen molar-refractivity contribution in [2.75, 3.05) is 13.2 Å². The van der Waals surface area contributed by atoms with Crippen molar-refractivity contribution in [1.29, 1.82) is 0 Å². The minimum atomic E-state index is -0.768. The van der Waals surface area contributed by atoms with Gasteiger partial charge in [-0.1, -0.05) is 26.7 Å². The Hall–Kier alpha value is -1.10. The van der Waals surface area contributed by atoms with Crippen LogP contribution in [0.5, 0.6) is 0 Å². The van der Waals surface area contributed by atoms with Crippen LogP contribution in [0.15, 0.2) is 0 Å². The second-order valence-corrected chi connectivity index (χ2v) is 3.90. The highest BCUT2D eigenvalue weighted by atomic mass is 16.5. The number of unbranched alkanes of at least 4 members (excludes halogenated alkanes) is 2. The summed E-state index contributed by atoms with van der Waals surface area (Å²) in [5, 5.41) is 2.53. The summed E-state index contributed by atoms with van der Waals surface area (Å²) in [6.07, 6.45) is 3.10. The van der Waals surface area contributed by atoms with Crippen molar-refractivity contribution in [3.8, 4) is 0 Å². The van der Waals surface area contributed by atoms with Gasteiger partial charge in [-0.15, -0.1) is 0 Å². The van der Waals surface area contributed by atoms with E-state index in [1.807, 2.05) is 6.92 Å². The molecule has 1 aliphatic heterocycles. The summed E-state index contributed by atoms with van der Waals surface area (Å²) in [6.45, 7) is 5.01. The second-order valence-electron chi connectivity index (χ2n) is 3.90. The smallest absolute Gasteiger partial charge is 0.326 e. The number of carbonyl (C=O) groups is 2. The van der Waals surface area contributed by atoms with Gasteiger partial charge in [-0.2, -0.15) is 0 Å². The third-order valence-electron chi connectivity index (χ3n) is 2.47. The van der Waals surface area contributed by atoms with Crippen LogP contribution in [0.3, 0.4) is 0 Å². The van der Waals surface area contributed by atoms with E-state index in [-0.39, 0.29) is 11.9 Å². The first kappa shape index (κ1) is 13.0. The summed E-state index contributed by atoms with van der Waals surface area (Å²) in [5.74, 6) is -0.261. The largest absolute Gasteiger partial charge is 0.349 e. The number of carbonyl (C=O) groups excluding carboxylic acids is 2. The lowest BCUT2D eigenvalue weighted by Gasteiger charge is -2.11. The van der Waals surface area contributed by atoms with Crippen molar-refractivity contribution in [2.45, 2.75) is 45.8 Å². The first-order valence-electron chi connectivity index (χ1n) is 5.94. The molecule has 0 spiro atoms. The van der Waals surface area contributed by atoms with Gasteiger partial charge in [-0.25, -0.2) is 4.79 Å². The van der Waals surface area contributed by atoms with Crippen LogP contribution in [0.4, 0.5) is 4.79 Å². The van der Waals surface area contributed by atoms with Crippen molar-refractivity contribution in [2.24, 2.45) is 0 Å². The third-order valence-corrected chi connectivity index (χ3v) is 2.47. The minimum absolute atomic E-state index is 0.261. The molecule has 1 unspecified atom stereocenters. The molecule has 1 saturated heterocycles. The molecule has 1 aliphatic rings. The molecule has 0 aromatic rings. The highest BCUT2D eigenvalue weighted by Gasteiger charge is 2.37. The van der Waals surface area contributed by atoms with Gasteiger partial charge in [0.25, 0.3) is 5.91 Å². The lowest BCUT2D eigenvalue weighted by molar-refractivity contribution is -0.137. The summed E-state index contributed by atoms with van der Waals surface area (Å²) in [6, 6.07) is -0.340. The zero-order valence-electron chi connectivity index (χ0n) is 9.99. The van der Waals surface area contributed by atoms with Gasteiger partial charge in [-0.05, 0) is 12.8 Å². The molecule has 92 valence electrons. The van der Waals surface area contributed by atoms with Crippen LogP contribution in [0.2, 0.25) is 0 Å². The maximum atomic E-state index is 11.7. The fourth-order valence-electron chi connectivity index (χ4n) is 1.59. The molecule has 0 bridgehead atoms. The van der Waals surface area contributed by atoms with Gasteiger partial charge in [0.15, 0.2) is 0 Å². The number of nitrogens with one attached hydrogen (secondary N) is 1. The Morgan fingerprint density at radius 1 is 1.25 bits per heavy atom. The molecule has 0 radical (unpaired) electrons. The first-order valence-corrected chi connectivity index (χ1v) is 5.94. The predicted octanol–water partition coefficient (Wildman–Crippen LogP) is 1.48. The zero-order valence-corrected chi connectivity index (χ0v) is 9.99. The lowest BCUT2D eigenvalue weighted by atomic mass is 10.3. The van der Waals surface area contributed by atoms with Gasteiger partial charge in [-0.3, -0.25) is 9.69 Å². The number of hydrogen-bond acceptors (Lipinski definition) is 3. The van der Waals surface area contributed by atoms with Crippen molar-refractivity contribution < 1.29 is 14.3 Å². The SMILES string of the molecule is CCCCCOC1NC(=O)N(CCC)C1=O. The summed E-state index contributed by atoms with van der Waals surface area (Å²) < 4.78 is 5.34. The van der Waals surface area contributed by atoms with E-state index in [2.05, 4.69) is 12.2 Å². The van der Waals surface area contributed by atoms with Crippen LogP contribution in [-0.4, -0.2) is 36.2 Å². The molecule has 1 N–H and O–H groups in total. The number of rotatable bonds is 7. The summed E-state index contributed by atoms with van der Waals surface area (Å²) in [4.78, 5) is 24.3. The molecule has 3 amide bonds. The van der Waals surface area contributed by atoms with E-state index in [4.69, 9.17) is 4.74 Å². The van der Waals surface area contributed by atoms with Crippen molar-refractivity contribution >= 4 is 11.9 Å². The Labute approximate surface area is 96.1 Å². The fourth-order valence-corrected chi connectivity index (χ4v) is 1.59. The molecule has 0 aromatic carbocycles. The molecule has 5 heteroatoms. The van der Waals surface area contributed by atoms with Crippen LogP contribution >= 0.6 is 0 Å². The average molecular weight is 228 g/mol. The van der Waals surface area contributed by atoms with Gasteiger partial charge in [0.1, 0.15) is 0 Å². The molecule has 5 nitrogen and oxygen atoms in total. The number of amides is 3. The van der Waals surface area contributed by atoms with Gasteiger partial charge in [0.05, 0.1) is 0 Å². The first-order chi connectivity index (χ1) is 7.70. The van der Waals surface area contributed by atoms with Gasteiger partial charge in [0.2, 0.25) is 6.23 Å². The molecule has 1 fully saturated rings. The van der Waals surface area contributed by atoms with Crippen molar-refractivity contribution in [1.82, 2.24) is 10.2 Å². The average Bonchev–Trinajstić information content (AvgIpc) is 2.53. The molecule has 1 atom stereocenters. The van der Waals surface area contributed by atoms with Gasteiger partial charge < -0.3 is 10.1 Å². The number of ether oxygens (including phenoxy) is 1. The number of urea groups is 1. The third kappa shape index (κ3) is 3.20. The second kappa shape index (κ2) is 6.48. The van der Waals surface area contributed by atoms with Crippen LogP contribution in [0.1, 0.15) is 39.5 Å². The monoisotopic (exact) mass is 228 g/mol. The Morgan fingerprint density at radius 2 is 2.00 bits per heavy atom. The van der Waals surface area contributed by atoms with E-state index in [9.17, 15) is 9.59 Å². The Balaban J connectivity index is 2.34. The number of imide groups is 1. The van der Waals surface area contributed by atoms with E-state index in [1.165, 1.54) is 4.90 Å². The van der Waals surface area contributed by atoms with Gasteiger partial charge in [0, 0.05) is 13.2 Å². The Morgan fingerprint density at radius 3 is 2.62 bits per heavy atom. The lowest BCUT2D eigenvalue weighted by Crippen LogP contribution is -2.33. The van der Waals surface area contributed by atoms with Crippen LogP contribution < -0.4 is 5.32 Å². The van der Waals surface area contributed by atoms with Crippen LogP contribution in [-0.2, 0) is 9.53 Å². The van der Waals surface area contributed by atoms with E-state index in [0.29, 0.717) is 13.2 Å². The maximum absolute atomic E-state index is 11.7. The molecule has 0 aliphatic carbocycles. The van der Waals surface area contributed by atoms with E-state index >= 15 is 0 Å². The van der Waals surface area contributed by atoms with Crippen LogP contribution in [0, 0.1) is 0 Å². The number of hydrogen-bond donors (Lipinski definition) is 1. The number of nitrogens with zero attached hydrogens (tertiary/aromatic N) is 1. The molecule has 0 aromatic heterocycles. The predicted molar refractivity (Wildman–Crippen MR) is 59.8 cm³/mol. The Bertz CT molecular complexity index is 256. The molecule has 1 rings (SSSR count). The topological polar surface area (TPSA) is 58.6 Å². The van der Waals surface area contributed by atoms with E-state index < -0.39 is 6.23 Å². The van der Waals surface area contributed by atoms with E-state index in [1.54, 1.807) is 0 Å². The maximum Gasteiger partial charge on any atom is 0.326 e. The van der Waals surface area contributed by atoms with E-state index in [0.717, 1.165) is 25.7 Å². The minimum Gasteiger partial charge on any atom is -0.349 e. The van der Waals surface area contributed by atoms with Crippen LogP contribution in [0.25, 0.3) is 0 Å². The fraction of sp³-hybridized carbons (Fsp3) is 0.818. The standard InChI is InChI=1S/C11H20N2O3/c1-3-5-6-8-16-9-10(14)13(7-4-2)11(15)12-9/h9H,3-8H2,1-2H3,(H,12,15). The van der Waals surface area contributed by atoms with Crippen molar-refractivity contribution in [3.63, 3.8) is 0 Å². The zero-order chi connectivity index (χ0) is 12.0. The quantitative estimate of drug-likeness (QED) is 0.530. The molecule has 0 saturated carbocycles. The molecule has 16 heavy (non-hydrogen) atoms. The molecule has 1 heterocycles. The van der Waals surface area contributed by atoms with Crippen molar-refractivity contribution in [3.05, 3.63) is 0 Å².